The number of thiazole rings is 1. The molecule has 0 aliphatic heterocycles. The van der Waals surface area contributed by atoms with Gasteiger partial charge in [0.05, 0.1) is 18.9 Å². The standard InChI is InChI=1S/C14H24N4O2S/c1-3-19-8-5-17(6-9-20-4-2)13-12(11-15)18-7-10-21-14(18)16-13/h7,10H,3-6,8-9,11,15H2,1-2H3. The van der Waals surface area contributed by atoms with Crippen LogP contribution in [0, 0.1) is 0 Å². The number of aromatic nitrogens is 2. The summed E-state index contributed by atoms with van der Waals surface area (Å²) in [6, 6.07) is 0. The predicted octanol–water partition coefficient (Wildman–Crippen LogP) is 1.73. The average molecular weight is 312 g/mol. The monoisotopic (exact) mass is 312 g/mol. The summed E-state index contributed by atoms with van der Waals surface area (Å²) in [7, 11) is 0. The lowest BCUT2D eigenvalue weighted by Crippen LogP contribution is -2.32. The minimum Gasteiger partial charge on any atom is -0.380 e. The summed E-state index contributed by atoms with van der Waals surface area (Å²) < 4.78 is 13.0. The van der Waals surface area contributed by atoms with Gasteiger partial charge in [-0.05, 0) is 13.8 Å². The van der Waals surface area contributed by atoms with Gasteiger partial charge in [-0.3, -0.25) is 4.40 Å². The fourth-order valence-corrected chi connectivity index (χ4v) is 2.95. The van der Waals surface area contributed by atoms with Crippen LogP contribution in [0.4, 0.5) is 5.82 Å². The number of ether oxygens (including phenoxy) is 2. The highest BCUT2D eigenvalue weighted by Crippen LogP contribution is 2.24. The van der Waals surface area contributed by atoms with Crippen LogP contribution in [0.3, 0.4) is 0 Å². The van der Waals surface area contributed by atoms with Gasteiger partial charge in [-0.25, -0.2) is 4.98 Å². The van der Waals surface area contributed by atoms with Crippen molar-refractivity contribution in [2.24, 2.45) is 5.73 Å². The summed E-state index contributed by atoms with van der Waals surface area (Å²) in [4.78, 5) is 7.89. The first-order chi connectivity index (χ1) is 10.3. The first-order valence-corrected chi connectivity index (χ1v) is 8.24. The number of anilines is 1. The first kappa shape index (κ1) is 16.2. The van der Waals surface area contributed by atoms with E-state index in [2.05, 4.69) is 9.30 Å². The zero-order valence-electron chi connectivity index (χ0n) is 12.7. The average Bonchev–Trinajstić information content (AvgIpc) is 3.06. The third-order valence-corrected chi connectivity index (χ3v) is 4.01. The molecule has 6 nitrogen and oxygen atoms in total. The molecule has 2 aromatic rings. The second kappa shape index (κ2) is 8.33. The van der Waals surface area contributed by atoms with Gasteiger partial charge in [0.2, 0.25) is 0 Å². The molecule has 0 aromatic carbocycles. The van der Waals surface area contributed by atoms with Gasteiger partial charge in [-0.15, -0.1) is 11.3 Å². The van der Waals surface area contributed by atoms with E-state index in [1.54, 1.807) is 11.3 Å². The van der Waals surface area contributed by atoms with Crippen LogP contribution in [0.5, 0.6) is 0 Å². The van der Waals surface area contributed by atoms with Crippen LogP contribution in [-0.4, -0.2) is 48.9 Å². The maximum Gasteiger partial charge on any atom is 0.195 e. The van der Waals surface area contributed by atoms with Gasteiger partial charge >= 0.3 is 0 Å². The summed E-state index contributed by atoms with van der Waals surface area (Å²) >= 11 is 1.62. The Hall–Kier alpha value is -1.15. The molecule has 7 heteroatoms. The fraction of sp³-hybridized carbons (Fsp3) is 0.643. The lowest BCUT2D eigenvalue weighted by atomic mass is 10.3. The molecule has 0 saturated carbocycles. The Bertz CT molecular complexity index is 530. The van der Waals surface area contributed by atoms with Gasteiger partial charge in [-0.2, -0.15) is 0 Å². The van der Waals surface area contributed by atoms with Crippen LogP contribution in [-0.2, 0) is 16.0 Å². The van der Waals surface area contributed by atoms with Crippen LogP contribution < -0.4 is 10.6 Å². The van der Waals surface area contributed by atoms with Crippen molar-refractivity contribution in [3.05, 3.63) is 17.3 Å². The third-order valence-electron chi connectivity index (χ3n) is 3.25. The molecule has 0 aliphatic carbocycles. The van der Waals surface area contributed by atoms with E-state index in [1.165, 1.54) is 0 Å². The van der Waals surface area contributed by atoms with Crippen molar-refractivity contribution in [1.29, 1.82) is 0 Å². The molecule has 2 N–H and O–H groups in total. The molecular weight excluding hydrogens is 288 g/mol. The summed E-state index contributed by atoms with van der Waals surface area (Å²) in [6.07, 6.45) is 2.02. The molecular formula is C14H24N4O2S. The zero-order valence-corrected chi connectivity index (χ0v) is 13.6. The Kier molecular flexibility index (Phi) is 6.44. The molecule has 0 atom stereocenters. The highest BCUT2D eigenvalue weighted by molar-refractivity contribution is 7.15. The predicted molar refractivity (Wildman–Crippen MR) is 86.2 cm³/mol. The van der Waals surface area contributed by atoms with Crippen LogP contribution in [0.1, 0.15) is 19.5 Å². The van der Waals surface area contributed by atoms with Gasteiger partial charge in [0.25, 0.3) is 0 Å². The van der Waals surface area contributed by atoms with Crippen LogP contribution >= 0.6 is 11.3 Å². The first-order valence-electron chi connectivity index (χ1n) is 7.36. The topological polar surface area (TPSA) is 65.0 Å². The highest BCUT2D eigenvalue weighted by atomic mass is 32.1. The van der Waals surface area contributed by atoms with Gasteiger partial charge in [-0.1, -0.05) is 0 Å². The lowest BCUT2D eigenvalue weighted by Gasteiger charge is -2.23. The minimum absolute atomic E-state index is 0.465. The van der Waals surface area contributed by atoms with Gasteiger partial charge in [0.1, 0.15) is 0 Å². The van der Waals surface area contributed by atoms with E-state index in [-0.39, 0.29) is 0 Å². The molecule has 0 bridgehead atoms. The minimum atomic E-state index is 0.465. The second-order valence-corrected chi connectivity index (χ2v) is 5.40. The number of imidazole rings is 1. The molecule has 2 heterocycles. The molecule has 0 fully saturated rings. The molecule has 2 rings (SSSR count). The van der Waals surface area contributed by atoms with Crippen molar-refractivity contribution in [2.45, 2.75) is 20.4 Å². The Balaban J connectivity index is 2.17. The Morgan fingerprint density at radius 3 is 2.48 bits per heavy atom. The number of rotatable bonds is 10. The summed E-state index contributed by atoms with van der Waals surface area (Å²) in [5, 5.41) is 2.02. The number of fused-ring (bicyclic) bond motifs is 1. The molecule has 21 heavy (non-hydrogen) atoms. The molecule has 0 amide bonds. The van der Waals surface area contributed by atoms with E-state index in [4.69, 9.17) is 20.2 Å². The van der Waals surface area contributed by atoms with E-state index >= 15 is 0 Å². The number of nitrogens with two attached hydrogens (primary N) is 1. The molecule has 0 saturated heterocycles. The summed E-state index contributed by atoms with van der Waals surface area (Å²) in [5.41, 5.74) is 6.96. The van der Waals surface area contributed by atoms with Crippen LogP contribution in [0.25, 0.3) is 4.96 Å². The summed E-state index contributed by atoms with van der Waals surface area (Å²) in [5.74, 6) is 0.948. The van der Waals surface area contributed by atoms with E-state index in [9.17, 15) is 0 Å². The second-order valence-electron chi connectivity index (χ2n) is 4.52. The molecule has 2 aromatic heterocycles. The normalized spacial score (nSPS) is 11.4. The van der Waals surface area contributed by atoms with Crippen molar-refractivity contribution in [2.75, 3.05) is 44.4 Å². The fourth-order valence-electron chi connectivity index (χ4n) is 2.23. The Morgan fingerprint density at radius 2 is 1.90 bits per heavy atom. The van der Waals surface area contributed by atoms with Crippen molar-refractivity contribution >= 4 is 22.1 Å². The molecule has 0 aliphatic rings. The van der Waals surface area contributed by atoms with Gasteiger partial charge < -0.3 is 20.1 Å². The summed E-state index contributed by atoms with van der Waals surface area (Å²) in [6.45, 7) is 8.85. The van der Waals surface area contributed by atoms with Crippen molar-refractivity contribution < 1.29 is 9.47 Å². The van der Waals surface area contributed by atoms with E-state index in [0.717, 1.165) is 42.8 Å². The maximum atomic E-state index is 5.92. The highest BCUT2D eigenvalue weighted by Gasteiger charge is 2.17. The SMILES string of the molecule is CCOCCN(CCOCC)c1nc2sccn2c1CN. The molecule has 118 valence electrons. The Labute approximate surface area is 129 Å². The van der Waals surface area contributed by atoms with Crippen molar-refractivity contribution in [1.82, 2.24) is 9.38 Å². The molecule has 0 spiro atoms. The van der Waals surface area contributed by atoms with Crippen LogP contribution in [0.15, 0.2) is 11.6 Å². The molecule has 0 unspecified atom stereocenters. The molecule has 0 radical (unpaired) electrons. The smallest absolute Gasteiger partial charge is 0.195 e. The van der Waals surface area contributed by atoms with Gasteiger partial charge in [0.15, 0.2) is 10.8 Å². The largest absolute Gasteiger partial charge is 0.380 e. The number of hydrogen-bond donors (Lipinski definition) is 1. The maximum absolute atomic E-state index is 5.92. The third kappa shape index (κ3) is 3.94. The van der Waals surface area contributed by atoms with Crippen molar-refractivity contribution in [3.63, 3.8) is 0 Å². The number of nitrogens with zero attached hydrogens (tertiary/aromatic N) is 3. The zero-order chi connectivity index (χ0) is 15.1. The van der Waals surface area contributed by atoms with Crippen LogP contribution in [0.2, 0.25) is 0 Å². The lowest BCUT2D eigenvalue weighted by molar-refractivity contribution is 0.141. The van der Waals surface area contributed by atoms with Crippen molar-refractivity contribution in [3.8, 4) is 0 Å². The van der Waals surface area contributed by atoms with E-state index in [1.807, 2.05) is 25.4 Å². The van der Waals surface area contributed by atoms with E-state index < -0.39 is 0 Å². The van der Waals surface area contributed by atoms with E-state index in [0.29, 0.717) is 19.8 Å². The van der Waals surface area contributed by atoms with Gasteiger partial charge in [0, 0.05) is 44.4 Å². The Morgan fingerprint density at radius 1 is 1.24 bits per heavy atom. The number of hydrogen-bond acceptors (Lipinski definition) is 6. The quantitative estimate of drug-likeness (QED) is 0.677.